The van der Waals surface area contributed by atoms with Crippen LogP contribution < -0.4 is 5.32 Å². The molecule has 134 valence electrons. The number of aromatic hydroxyl groups is 1. The Kier molecular flexibility index (Phi) is 6.05. The summed E-state index contributed by atoms with van der Waals surface area (Å²) in [7, 11) is -3.70. The average molecular weight is 383 g/mol. The highest BCUT2D eigenvalue weighted by molar-refractivity contribution is 7.89. The van der Waals surface area contributed by atoms with Crippen molar-refractivity contribution < 1.29 is 18.3 Å². The second kappa shape index (κ2) is 7.86. The van der Waals surface area contributed by atoms with E-state index in [0.29, 0.717) is 13.1 Å². The first-order valence-corrected chi connectivity index (χ1v) is 9.52. The lowest BCUT2D eigenvalue weighted by molar-refractivity contribution is 0.102. The van der Waals surface area contributed by atoms with E-state index in [4.69, 9.17) is 11.6 Å². The van der Waals surface area contributed by atoms with E-state index in [2.05, 4.69) is 5.32 Å². The van der Waals surface area contributed by atoms with E-state index in [9.17, 15) is 18.3 Å². The molecule has 6 nitrogen and oxygen atoms in total. The lowest BCUT2D eigenvalue weighted by Crippen LogP contribution is -2.30. The van der Waals surface area contributed by atoms with Gasteiger partial charge in [-0.25, -0.2) is 8.42 Å². The highest BCUT2D eigenvalue weighted by Gasteiger charge is 2.23. The topological polar surface area (TPSA) is 86.7 Å². The Hall–Kier alpha value is -2.09. The van der Waals surface area contributed by atoms with Gasteiger partial charge in [-0.05, 0) is 30.3 Å². The van der Waals surface area contributed by atoms with Crippen molar-refractivity contribution in [3.8, 4) is 5.75 Å². The Morgan fingerprint density at radius 2 is 1.80 bits per heavy atom. The lowest BCUT2D eigenvalue weighted by Gasteiger charge is -2.19. The number of carbonyl (C=O) groups is 1. The first kappa shape index (κ1) is 19.2. The molecular weight excluding hydrogens is 364 g/mol. The Morgan fingerprint density at radius 1 is 1.16 bits per heavy atom. The monoisotopic (exact) mass is 382 g/mol. The Morgan fingerprint density at radius 3 is 2.40 bits per heavy atom. The van der Waals surface area contributed by atoms with Crippen LogP contribution >= 0.6 is 11.6 Å². The molecule has 0 saturated heterocycles. The summed E-state index contributed by atoms with van der Waals surface area (Å²) in [6.45, 7) is 4.12. The van der Waals surface area contributed by atoms with Crippen molar-refractivity contribution in [3.63, 3.8) is 0 Å². The molecule has 2 aromatic rings. The molecule has 0 aliphatic rings. The van der Waals surface area contributed by atoms with Crippen LogP contribution in [0.25, 0.3) is 0 Å². The van der Waals surface area contributed by atoms with Crippen molar-refractivity contribution in [1.29, 1.82) is 0 Å². The van der Waals surface area contributed by atoms with Crippen molar-refractivity contribution in [2.75, 3.05) is 18.4 Å². The van der Waals surface area contributed by atoms with E-state index in [-0.39, 0.29) is 26.9 Å². The van der Waals surface area contributed by atoms with E-state index in [0.717, 1.165) is 0 Å². The Bertz CT molecular complexity index is 880. The maximum atomic E-state index is 12.6. The number of phenols is 1. The standard InChI is InChI=1S/C17H19ClN2O4S/c1-3-20(4-2)25(23,24)12-9-10-16(21)15(11-12)19-17(22)13-7-5-6-8-14(13)18/h5-11,21H,3-4H2,1-2H3,(H,19,22). The fraction of sp³-hybridized carbons (Fsp3) is 0.235. The van der Waals surface area contributed by atoms with Crippen LogP contribution in [0, 0.1) is 0 Å². The van der Waals surface area contributed by atoms with Crippen LogP contribution in [0.5, 0.6) is 5.75 Å². The van der Waals surface area contributed by atoms with Crippen LogP contribution in [0.15, 0.2) is 47.4 Å². The number of hydrogen-bond donors (Lipinski definition) is 2. The first-order valence-electron chi connectivity index (χ1n) is 7.70. The van der Waals surface area contributed by atoms with Crippen LogP contribution in [0.2, 0.25) is 5.02 Å². The van der Waals surface area contributed by atoms with Gasteiger partial charge in [-0.2, -0.15) is 4.31 Å². The van der Waals surface area contributed by atoms with Gasteiger partial charge in [0.2, 0.25) is 10.0 Å². The van der Waals surface area contributed by atoms with E-state index in [1.165, 1.54) is 28.6 Å². The zero-order valence-corrected chi connectivity index (χ0v) is 15.4. The Balaban J connectivity index is 2.37. The SMILES string of the molecule is CCN(CC)S(=O)(=O)c1ccc(O)c(NC(=O)c2ccccc2Cl)c1. The van der Waals surface area contributed by atoms with Gasteiger partial charge in [0.15, 0.2) is 0 Å². The van der Waals surface area contributed by atoms with Gasteiger partial charge in [0.05, 0.1) is 21.2 Å². The predicted octanol–water partition coefficient (Wildman–Crippen LogP) is 3.33. The van der Waals surface area contributed by atoms with Gasteiger partial charge in [-0.1, -0.05) is 37.6 Å². The van der Waals surface area contributed by atoms with Gasteiger partial charge in [-0.15, -0.1) is 0 Å². The van der Waals surface area contributed by atoms with Crippen molar-refractivity contribution in [1.82, 2.24) is 4.31 Å². The highest BCUT2D eigenvalue weighted by atomic mass is 35.5. The summed E-state index contributed by atoms with van der Waals surface area (Å²) < 4.78 is 26.4. The van der Waals surface area contributed by atoms with Gasteiger partial charge in [0, 0.05) is 13.1 Å². The van der Waals surface area contributed by atoms with Crippen LogP contribution in [0.1, 0.15) is 24.2 Å². The van der Waals surface area contributed by atoms with Crippen LogP contribution in [0.4, 0.5) is 5.69 Å². The fourth-order valence-corrected chi connectivity index (χ4v) is 4.03. The number of halogens is 1. The zero-order chi connectivity index (χ0) is 18.6. The number of nitrogens with one attached hydrogen (secondary N) is 1. The smallest absolute Gasteiger partial charge is 0.257 e. The number of nitrogens with zero attached hydrogens (tertiary/aromatic N) is 1. The number of rotatable bonds is 6. The molecule has 2 rings (SSSR count). The number of amides is 1. The second-order valence-electron chi connectivity index (χ2n) is 5.20. The Labute approximate surface area is 152 Å². The van der Waals surface area contributed by atoms with E-state index >= 15 is 0 Å². The molecule has 0 heterocycles. The number of anilines is 1. The summed E-state index contributed by atoms with van der Waals surface area (Å²) in [5, 5.41) is 12.7. The summed E-state index contributed by atoms with van der Waals surface area (Å²) >= 11 is 5.98. The molecule has 1 amide bonds. The molecule has 2 aromatic carbocycles. The molecule has 25 heavy (non-hydrogen) atoms. The van der Waals surface area contributed by atoms with Gasteiger partial charge in [0.25, 0.3) is 5.91 Å². The number of carbonyl (C=O) groups excluding carboxylic acids is 1. The molecule has 0 radical (unpaired) electrons. The molecule has 0 aromatic heterocycles. The van der Waals surface area contributed by atoms with Crippen molar-refractivity contribution in [3.05, 3.63) is 53.1 Å². The molecule has 0 unspecified atom stereocenters. The van der Waals surface area contributed by atoms with Gasteiger partial charge < -0.3 is 10.4 Å². The summed E-state index contributed by atoms with van der Waals surface area (Å²) in [5.74, 6) is -0.780. The predicted molar refractivity (Wildman–Crippen MR) is 97.6 cm³/mol. The molecule has 0 aliphatic carbocycles. The number of hydrogen-bond acceptors (Lipinski definition) is 4. The minimum absolute atomic E-state index is 0.00171. The molecule has 0 spiro atoms. The summed E-state index contributed by atoms with van der Waals surface area (Å²) in [4.78, 5) is 12.3. The van der Waals surface area contributed by atoms with Gasteiger partial charge in [-0.3, -0.25) is 4.79 Å². The van der Waals surface area contributed by atoms with Crippen LogP contribution in [-0.2, 0) is 10.0 Å². The van der Waals surface area contributed by atoms with Crippen LogP contribution in [-0.4, -0.2) is 36.8 Å². The summed E-state index contributed by atoms with van der Waals surface area (Å²) in [6, 6.07) is 10.2. The quantitative estimate of drug-likeness (QED) is 0.750. The maximum absolute atomic E-state index is 12.6. The largest absolute Gasteiger partial charge is 0.506 e. The molecule has 0 fully saturated rings. The van der Waals surface area contributed by atoms with Crippen molar-refractivity contribution in [2.45, 2.75) is 18.7 Å². The fourth-order valence-electron chi connectivity index (χ4n) is 2.32. The van der Waals surface area contributed by atoms with Crippen molar-refractivity contribution in [2.24, 2.45) is 0 Å². The molecule has 0 bridgehead atoms. The third-order valence-corrected chi connectivity index (χ3v) is 6.05. The number of phenolic OH excluding ortho intramolecular Hbond substituents is 1. The normalized spacial score (nSPS) is 11.5. The second-order valence-corrected chi connectivity index (χ2v) is 7.55. The van der Waals surface area contributed by atoms with Gasteiger partial charge >= 0.3 is 0 Å². The van der Waals surface area contributed by atoms with E-state index in [1.54, 1.807) is 32.0 Å². The van der Waals surface area contributed by atoms with Crippen molar-refractivity contribution >= 4 is 33.2 Å². The van der Waals surface area contributed by atoms with E-state index in [1.807, 2.05) is 0 Å². The minimum Gasteiger partial charge on any atom is -0.506 e. The van der Waals surface area contributed by atoms with Crippen LogP contribution in [0.3, 0.4) is 0 Å². The minimum atomic E-state index is -3.70. The molecule has 2 N–H and O–H groups in total. The third-order valence-electron chi connectivity index (χ3n) is 3.68. The highest BCUT2D eigenvalue weighted by Crippen LogP contribution is 2.29. The first-order chi connectivity index (χ1) is 11.8. The molecule has 0 saturated carbocycles. The molecule has 0 atom stereocenters. The molecular formula is C17H19ClN2O4S. The summed E-state index contributed by atoms with van der Waals surface area (Å²) in [5.41, 5.74) is 0.221. The number of sulfonamides is 1. The maximum Gasteiger partial charge on any atom is 0.257 e. The van der Waals surface area contributed by atoms with Gasteiger partial charge in [0.1, 0.15) is 5.75 Å². The molecule has 8 heteroatoms. The molecule has 0 aliphatic heterocycles. The zero-order valence-electron chi connectivity index (χ0n) is 13.9. The number of benzene rings is 2. The van der Waals surface area contributed by atoms with E-state index < -0.39 is 15.9 Å². The lowest BCUT2D eigenvalue weighted by atomic mass is 10.2. The third kappa shape index (κ3) is 4.12. The average Bonchev–Trinajstić information content (AvgIpc) is 2.57. The summed E-state index contributed by atoms with van der Waals surface area (Å²) in [6.07, 6.45) is 0.